The van der Waals surface area contributed by atoms with Gasteiger partial charge in [-0.2, -0.15) is 0 Å². The molecule has 0 bridgehead atoms. The number of thiazole rings is 1. The number of rotatable bonds is 5. The van der Waals surface area contributed by atoms with Gasteiger partial charge in [0.1, 0.15) is 0 Å². The maximum atomic E-state index is 13.4. The van der Waals surface area contributed by atoms with Crippen molar-refractivity contribution in [3.8, 4) is 0 Å². The molecule has 4 aromatic rings. The number of benzene rings is 3. The number of fused-ring (bicyclic) bond motifs is 2. The van der Waals surface area contributed by atoms with Crippen LogP contribution in [0.2, 0.25) is 0 Å². The van der Waals surface area contributed by atoms with Crippen LogP contribution in [0.25, 0.3) is 21.0 Å². The van der Waals surface area contributed by atoms with Gasteiger partial charge in [-0.25, -0.2) is 4.98 Å². The van der Waals surface area contributed by atoms with E-state index in [1.165, 1.54) is 0 Å². The number of likely N-dealkylation sites (N-methyl/N-ethyl adjacent to an activating group) is 1. The van der Waals surface area contributed by atoms with Crippen LogP contribution < -0.4 is 4.90 Å². The van der Waals surface area contributed by atoms with Crippen LogP contribution in [-0.2, 0) is 0 Å². The summed E-state index contributed by atoms with van der Waals surface area (Å²) in [6.07, 6.45) is 0. The zero-order valence-electron chi connectivity index (χ0n) is 15.4. The molecule has 0 aliphatic rings. The van der Waals surface area contributed by atoms with Crippen molar-refractivity contribution in [1.82, 2.24) is 9.88 Å². The van der Waals surface area contributed by atoms with Gasteiger partial charge in [-0.15, -0.1) is 0 Å². The summed E-state index contributed by atoms with van der Waals surface area (Å²) in [6.45, 7) is 1.37. The monoisotopic (exact) mass is 375 g/mol. The lowest BCUT2D eigenvalue weighted by Gasteiger charge is -2.22. The number of hydrogen-bond donors (Lipinski definition) is 0. The molecule has 0 saturated carbocycles. The molecule has 27 heavy (non-hydrogen) atoms. The number of amides is 1. The highest BCUT2D eigenvalue weighted by molar-refractivity contribution is 7.22. The van der Waals surface area contributed by atoms with Gasteiger partial charge in [0.05, 0.1) is 10.2 Å². The van der Waals surface area contributed by atoms with Crippen molar-refractivity contribution < 1.29 is 4.79 Å². The number of hydrogen-bond acceptors (Lipinski definition) is 4. The molecule has 0 radical (unpaired) electrons. The Bertz CT molecular complexity index is 1070. The van der Waals surface area contributed by atoms with E-state index in [2.05, 4.69) is 11.0 Å². The number of carbonyl (C=O) groups excluding carboxylic acids is 1. The summed E-state index contributed by atoms with van der Waals surface area (Å²) in [5, 5.41) is 2.95. The minimum atomic E-state index is -0.0124. The van der Waals surface area contributed by atoms with Crippen molar-refractivity contribution in [2.75, 3.05) is 32.1 Å². The minimum absolute atomic E-state index is 0.0124. The van der Waals surface area contributed by atoms with Gasteiger partial charge in [0.15, 0.2) is 5.13 Å². The first-order chi connectivity index (χ1) is 13.1. The number of aromatic nitrogens is 1. The van der Waals surface area contributed by atoms with Crippen molar-refractivity contribution in [3.63, 3.8) is 0 Å². The molecule has 0 aliphatic carbocycles. The van der Waals surface area contributed by atoms with Gasteiger partial charge >= 0.3 is 0 Å². The second kappa shape index (κ2) is 7.47. The van der Waals surface area contributed by atoms with Gasteiger partial charge in [-0.1, -0.05) is 53.8 Å². The summed E-state index contributed by atoms with van der Waals surface area (Å²) in [5.41, 5.74) is 1.62. The third kappa shape index (κ3) is 3.70. The maximum absolute atomic E-state index is 13.4. The maximum Gasteiger partial charge on any atom is 0.260 e. The smallest absolute Gasteiger partial charge is 0.260 e. The van der Waals surface area contributed by atoms with Crippen LogP contribution in [0.1, 0.15) is 10.4 Å². The number of anilines is 1. The van der Waals surface area contributed by atoms with Crippen LogP contribution >= 0.6 is 11.3 Å². The van der Waals surface area contributed by atoms with E-state index in [-0.39, 0.29) is 5.91 Å². The Kier molecular flexibility index (Phi) is 4.88. The van der Waals surface area contributed by atoms with E-state index in [0.717, 1.165) is 32.7 Å². The van der Waals surface area contributed by atoms with E-state index < -0.39 is 0 Å². The van der Waals surface area contributed by atoms with E-state index in [4.69, 9.17) is 4.98 Å². The third-order valence-electron chi connectivity index (χ3n) is 4.53. The SMILES string of the molecule is CN(C)CCN(C(=O)c1ccc2ccccc2c1)c1nc2ccccc2s1. The Hall–Kier alpha value is -2.76. The molecule has 1 amide bonds. The summed E-state index contributed by atoms with van der Waals surface area (Å²) >= 11 is 1.56. The molecule has 0 unspecified atom stereocenters. The van der Waals surface area contributed by atoms with Crippen LogP contribution in [0.4, 0.5) is 5.13 Å². The molecule has 0 fully saturated rings. The average molecular weight is 375 g/mol. The lowest BCUT2D eigenvalue weighted by atomic mass is 10.1. The van der Waals surface area contributed by atoms with Crippen LogP contribution in [0.5, 0.6) is 0 Å². The molecular formula is C22H21N3OS. The molecule has 0 aliphatic heterocycles. The molecule has 5 heteroatoms. The van der Waals surface area contributed by atoms with Crippen molar-refractivity contribution in [3.05, 3.63) is 72.3 Å². The lowest BCUT2D eigenvalue weighted by Crippen LogP contribution is -2.36. The molecule has 0 N–H and O–H groups in total. The van der Waals surface area contributed by atoms with Crippen molar-refractivity contribution in [1.29, 1.82) is 0 Å². The second-order valence-electron chi connectivity index (χ2n) is 6.79. The summed E-state index contributed by atoms with van der Waals surface area (Å²) in [5.74, 6) is -0.0124. The Balaban J connectivity index is 1.73. The standard InChI is InChI=1S/C22H21N3OS/c1-24(2)13-14-25(22-23-19-9-5-6-10-20(19)27-22)21(26)18-12-11-16-7-3-4-8-17(16)15-18/h3-12,15H,13-14H2,1-2H3. The number of nitrogens with zero attached hydrogens (tertiary/aromatic N) is 3. The van der Waals surface area contributed by atoms with E-state index >= 15 is 0 Å². The highest BCUT2D eigenvalue weighted by Gasteiger charge is 2.21. The fraction of sp³-hybridized carbons (Fsp3) is 0.182. The fourth-order valence-electron chi connectivity index (χ4n) is 3.04. The van der Waals surface area contributed by atoms with Gasteiger partial charge in [0.25, 0.3) is 5.91 Å². The quantitative estimate of drug-likeness (QED) is 0.509. The highest BCUT2D eigenvalue weighted by atomic mass is 32.1. The van der Waals surface area contributed by atoms with E-state index in [1.807, 2.05) is 74.8 Å². The minimum Gasteiger partial charge on any atom is -0.308 e. The van der Waals surface area contributed by atoms with E-state index in [9.17, 15) is 4.79 Å². The molecule has 1 heterocycles. The molecule has 0 atom stereocenters. The molecule has 0 spiro atoms. The van der Waals surface area contributed by atoms with Crippen molar-refractivity contribution >= 4 is 43.4 Å². The first-order valence-corrected chi connectivity index (χ1v) is 9.74. The van der Waals surface area contributed by atoms with E-state index in [0.29, 0.717) is 12.1 Å². The van der Waals surface area contributed by atoms with Gasteiger partial charge in [-0.3, -0.25) is 9.69 Å². The number of para-hydroxylation sites is 1. The summed E-state index contributed by atoms with van der Waals surface area (Å²) in [4.78, 5) is 21.9. The molecule has 136 valence electrons. The molecule has 4 rings (SSSR count). The van der Waals surface area contributed by atoms with Gasteiger partial charge < -0.3 is 4.90 Å². The largest absolute Gasteiger partial charge is 0.308 e. The van der Waals surface area contributed by atoms with Gasteiger partial charge in [0.2, 0.25) is 0 Å². The first-order valence-electron chi connectivity index (χ1n) is 8.93. The zero-order valence-corrected chi connectivity index (χ0v) is 16.2. The Morgan fingerprint density at radius 2 is 1.67 bits per heavy atom. The zero-order chi connectivity index (χ0) is 18.8. The average Bonchev–Trinajstić information content (AvgIpc) is 3.11. The molecule has 3 aromatic carbocycles. The van der Waals surface area contributed by atoms with Crippen LogP contribution in [0.15, 0.2) is 66.7 Å². The summed E-state index contributed by atoms with van der Waals surface area (Å²) < 4.78 is 1.09. The molecule has 1 aromatic heterocycles. The predicted molar refractivity (Wildman–Crippen MR) is 114 cm³/mol. The lowest BCUT2D eigenvalue weighted by molar-refractivity contribution is 0.0985. The topological polar surface area (TPSA) is 36.4 Å². The predicted octanol–water partition coefficient (Wildman–Crippen LogP) is 4.66. The Morgan fingerprint density at radius 1 is 0.926 bits per heavy atom. The Labute approximate surface area is 162 Å². The third-order valence-corrected chi connectivity index (χ3v) is 5.59. The Morgan fingerprint density at radius 3 is 2.44 bits per heavy atom. The van der Waals surface area contributed by atoms with Crippen LogP contribution in [0.3, 0.4) is 0 Å². The van der Waals surface area contributed by atoms with Crippen LogP contribution in [0, 0.1) is 0 Å². The van der Waals surface area contributed by atoms with Crippen molar-refractivity contribution in [2.45, 2.75) is 0 Å². The van der Waals surface area contributed by atoms with Crippen LogP contribution in [-0.4, -0.2) is 43.0 Å². The van der Waals surface area contributed by atoms with Gasteiger partial charge in [-0.05, 0) is 49.1 Å². The highest BCUT2D eigenvalue weighted by Crippen LogP contribution is 2.30. The summed E-state index contributed by atoms with van der Waals surface area (Å²) in [7, 11) is 4.02. The second-order valence-corrected chi connectivity index (χ2v) is 7.80. The van der Waals surface area contributed by atoms with Crippen molar-refractivity contribution in [2.24, 2.45) is 0 Å². The van der Waals surface area contributed by atoms with E-state index in [1.54, 1.807) is 16.2 Å². The number of carbonyl (C=O) groups is 1. The fourth-order valence-corrected chi connectivity index (χ4v) is 4.03. The van der Waals surface area contributed by atoms with Gasteiger partial charge in [0, 0.05) is 18.7 Å². The first kappa shape index (κ1) is 17.6. The molecule has 4 nitrogen and oxygen atoms in total. The summed E-state index contributed by atoms with van der Waals surface area (Å²) in [6, 6.07) is 22.0. The normalized spacial score (nSPS) is 11.4. The molecular weight excluding hydrogens is 354 g/mol. The molecule has 0 saturated heterocycles.